The largest absolute Gasteiger partial charge is 0.378 e. The molecule has 21 heavy (non-hydrogen) atoms. The fraction of sp³-hybridized carbons (Fsp3) is 0.667. The molecular weight excluding hydrogens is 260 g/mol. The van der Waals surface area contributed by atoms with E-state index in [4.69, 9.17) is 4.74 Å². The highest BCUT2D eigenvalue weighted by molar-refractivity contribution is 5.47. The number of anilines is 1. The van der Waals surface area contributed by atoms with E-state index in [1.807, 2.05) is 0 Å². The monoisotopic (exact) mass is 288 g/mol. The van der Waals surface area contributed by atoms with Gasteiger partial charge in [0, 0.05) is 31.4 Å². The SMILES string of the molecule is c1ccc(N2CCC(NCCCOC3CCCC3)C2)cc1. The van der Waals surface area contributed by atoms with Crippen molar-refractivity contribution in [3.63, 3.8) is 0 Å². The first kappa shape index (κ1) is 14.9. The van der Waals surface area contributed by atoms with Crippen LogP contribution in [-0.4, -0.2) is 38.4 Å². The van der Waals surface area contributed by atoms with Gasteiger partial charge in [-0.25, -0.2) is 0 Å². The normalized spacial score (nSPS) is 23.0. The second-order valence-electron chi connectivity index (χ2n) is 6.35. The van der Waals surface area contributed by atoms with Crippen LogP contribution < -0.4 is 10.2 Å². The summed E-state index contributed by atoms with van der Waals surface area (Å²) < 4.78 is 5.91. The van der Waals surface area contributed by atoms with Crippen LogP contribution in [0.2, 0.25) is 0 Å². The van der Waals surface area contributed by atoms with E-state index in [2.05, 4.69) is 40.5 Å². The molecule has 1 saturated carbocycles. The lowest BCUT2D eigenvalue weighted by Crippen LogP contribution is -2.33. The minimum Gasteiger partial charge on any atom is -0.378 e. The summed E-state index contributed by atoms with van der Waals surface area (Å²) in [4.78, 5) is 2.48. The molecule has 0 bridgehead atoms. The van der Waals surface area contributed by atoms with Crippen molar-refractivity contribution in [2.45, 2.75) is 50.7 Å². The summed E-state index contributed by atoms with van der Waals surface area (Å²) in [7, 11) is 0. The van der Waals surface area contributed by atoms with E-state index in [0.717, 1.165) is 26.1 Å². The number of ether oxygens (including phenoxy) is 1. The van der Waals surface area contributed by atoms with Gasteiger partial charge in [-0.2, -0.15) is 0 Å². The van der Waals surface area contributed by atoms with E-state index in [0.29, 0.717) is 12.1 Å². The molecule has 0 aromatic heterocycles. The molecule has 1 atom stereocenters. The molecule has 1 aromatic rings. The molecule has 1 aromatic carbocycles. The number of hydrogen-bond donors (Lipinski definition) is 1. The Balaban J connectivity index is 1.28. The van der Waals surface area contributed by atoms with Crippen molar-refractivity contribution in [2.75, 3.05) is 31.1 Å². The fourth-order valence-corrected chi connectivity index (χ4v) is 3.48. The van der Waals surface area contributed by atoms with Gasteiger partial charge in [-0.15, -0.1) is 0 Å². The highest BCUT2D eigenvalue weighted by Crippen LogP contribution is 2.21. The molecule has 1 heterocycles. The van der Waals surface area contributed by atoms with Crippen molar-refractivity contribution in [2.24, 2.45) is 0 Å². The number of nitrogens with zero attached hydrogens (tertiary/aromatic N) is 1. The number of para-hydroxylation sites is 1. The third kappa shape index (κ3) is 4.45. The lowest BCUT2D eigenvalue weighted by molar-refractivity contribution is 0.0566. The number of hydrogen-bond acceptors (Lipinski definition) is 3. The van der Waals surface area contributed by atoms with Crippen LogP contribution >= 0.6 is 0 Å². The van der Waals surface area contributed by atoms with E-state index < -0.39 is 0 Å². The highest BCUT2D eigenvalue weighted by Gasteiger charge is 2.21. The number of benzene rings is 1. The molecule has 0 amide bonds. The van der Waals surface area contributed by atoms with E-state index in [1.54, 1.807) is 0 Å². The Bertz CT molecular complexity index is 403. The third-order valence-electron chi connectivity index (χ3n) is 4.72. The molecule has 0 radical (unpaired) electrons. The predicted molar refractivity (Wildman–Crippen MR) is 87.9 cm³/mol. The summed E-state index contributed by atoms with van der Waals surface area (Å²) >= 11 is 0. The predicted octanol–water partition coefficient (Wildman–Crippen LogP) is 3.20. The van der Waals surface area contributed by atoms with Gasteiger partial charge in [0.1, 0.15) is 0 Å². The fourth-order valence-electron chi connectivity index (χ4n) is 3.48. The van der Waals surface area contributed by atoms with Gasteiger partial charge < -0.3 is 15.0 Å². The van der Waals surface area contributed by atoms with Gasteiger partial charge in [0.2, 0.25) is 0 Å². The van der Waals surface area contributed by atoms with Crippen LogP contribution in [0.25, 0.3) is 0 Å². The zero-order valence-electron chi connectivity index (χ0n) is 13.0. The van der Waals surface area contributed by atoms with E-state index >= 15 is 0 Å². The topological polar surface area (TPSA) is 24.5 Å². The zero-order valence-corrected chi connectivity index (χ0v) is 13.0. The van der Waals surface area contributed by atoms with Crippen LogP contribution in [0.15, 0.2) is 30.3 Å². The lowest BCUT2D eigenvalue weighted by Gasteiger charge is -2.19. The second-order valence-corrected chi connectivity index (χ2v) is 6.35. The standard InChI is InChI=1S/C18H28N2O/c1-2-7-17(8-3-1)20-13-11-16(15-20)19-12-6-14-21-18-9-4-5-10-18/h1-3,7-8,16,18-19H,4-6,9-15H2. The van der Waals surface area contributed by atoms with Crippen molar-refractivity contribution in [1.29, 1.82) is 0 Å². The van der Waals surface area contributed by atoms with Crippen LogP contribution in [0.1, 0.15) is 38.5 Å². The maximum Gasteiger partial charge on any atom is 0.0575 e. The first-order valence-electron chi connectivity index (χ1n) is 8.57. The zero-order chi connectivity index (χ0) is 14.3. The third-order valence-corrected chi connectivity index (χ3v) is 4.72. The van der Waals surface area contributed by atoms with Crippen molar-refractivity contribution in [3.8, 4) is 0 Å². The molecule has 1 saturated heterocycles. The maximum absolute atomic E-state index is 5.91. The highest BCUT2D eigenvalue weighted by atomic mass is 16.5. The van der Waals surface area contributed by atoms with Gasteiger partial charge in [-0.1, -0.05) is 31.0 Å². The number of rotatable bonds is 7. The molecule has 3 nitrogen and oxygen atoms in total. The molecule has 2 aliphatic rings. The van der Waals surface area contributed by atoms with E-state index in [9.17, 15) is 0 Å². The Morgan fingerprint density at radius 2 is 1.90 bits per heavy atom. The molecule has 1 aliphatic heterocycles. The van der Waals surface area contributed by atoms with Gasteiger partial charge in [-0.3, -0.25) is 0 Å². The first-order valence-corrected chi connectivity index (χ1v) is 8.57. The van der Waals surface area contributed by atoms with Crippen LogP contribution in [0, 0.1) is 0 Å². The maximum atomic E-state index is 5.91. The summed E-state index contributed by atoms with van der Waals surface area (Å²) in [6.07, 6.45) is 8.23. The molecule has 1 aliphatic carbocycles. The van der Waals surface area contributed by atoms with E-state index in [1.165, 1.54) is 44.3 Å². The van der Waals surface area contributed by atoms with Gasteiger partial charge in [0.15, 0.2) is 0 Å². The summed E-state index contributed by atoms with van der Waals surface area (Å²) in [5.74, 6) is 0. The van der Waals surface area contributed by atoms with Crippen LogP contribution in [0.3, 0.4) is 0 Å². The van der Waals surface area contributed by atoms with Crippen molar-refractivity contribution >= 4 is 5.69 Å². The van der Waals surface area contributed by atoms with Crippen molar-refractivity contribution < 1.29 is 4.74 Å². The Morgan fingerprint density at radius 3 is 2.71 bits per heavy atom. The molecule has 3 rings (SSSR count). The summed E-state index contributed by atoms with van der Waals surface area (Å²) in [5.41, 5.74) is 1.35. The summed E-state index contributed by atoms with van der Waals surface area (Å²) in [6, 6.07) is 11.4. The molecular formula is C18H28N2O. The van der Waals surface area contributed by atoms with Crippen molar-refractivity contribution in [1.82, 2.24) is 5.32 Å². The van der Waals surface area contributed by atoms with Crippen LogP contribution in [0.4, 0.5) is 5.69 Å². The Kier molecular flexibility index (Phi) is 5.53. The summed E-state index contributed by atoms with van der Waals surface area (Å²) in [6.45, 7) is 4.31. The minimum absolute atomic E-state index is 0.560. The Hall–Kier alpha value is -1.06. The molecule has 2 fully saturated rings. The molecule has 0 spiro atoms. The van der Waals surface area contributed by atoms with Crippen LogP contribution in [0.5, 0.6) is 0 Å². The van der Waals surface area contributed by atoms with Gasteiger partial charge in [-0.05, 0) is 44.4 Å². The molecule has 116 valence electrons. The van der Waals surface area contributed by atoms with Crippen LogP contribution in [-0.2, 0) is 4.74 Å². The average Bonchev–Trinajstić information content (AvgIpc) is 3.19. The summed E-state index contributed by atoms with van der Waals surface area (Å²) in [5, 5.41) is 3.69. The molecule has 1 unspecified atom stereocenters. The Labute approximate surface area is 128 Å². The minimum atomic E-state index is 0.560. The quantitative estimate of drug-likeness (QED) is 0.780. The smallest absolute Gasteiger partial charge is 0.0575 e. The molecule has 3 heteroatoms. The van der Waals surface area contributed by atoms with Gasteiger partial charge in [0.05, 0.1) is 6.10 Å². The number of nitrogens with one attached hydrogen (secondary N) is 1. The average molecular weight is 288 g/mol. The Morgan fingerprint density at radius 1 is 1.10 bits per heavy atom. The van der Waals surface area contributed by atoms with E-state index in [-0.39, 0.29) is 0 Å². The van der Waals surface area contributed by atoms with Crippen molar-refractivity contribution in [3.05, 3.63) is 30.3 Å². The lowest BCUT2D eigenvalue weighted by atomic mass is 10.2. The molecule has 1 N–H and O–H groups in total. The first-order chi connectivity index (χ1) is 10.4. The van der Waals surface area contributed by atoms with Gasteiger partial charge >= 0.3 is 0 Å². The second kappa shape index (κ2) is 7.81. The van der Waals surface area contributed by atoms with Gasteiger partial charge in [0.25, 0.3) is 0 Å².